The van der Waals surface area contributed by atoms with E-state index in [9.17, 15) is 0 Å². The first kappa shape index (κ1) is 25.2. The molecule has 0 bridgehead atoms. The average molecular weight is 488 g/mol. The Morgan fingerprint density at radius 3 is 2.64 bits per heavy atom. The molecule has 0 atom stereocenters. The fourth-order valence-electron chi connectivity index (χ4n) is 4.01. The Morgan fingerprint density at radius 2 is 1.83 bits per heavy atom. The quantitative estimate of drug-likeness (QED) is 0.304. The predicted molar refractivity (Wildman–Crippen MR) is 142 cm³/mol. The van der Waals surface area contributed by atoms with E-state index in [1.54, 1.807) is 19.4 Å². The lowest BCUT2D eigenvalue weighted by molar-refractivity contribution is 0.145. The van der Waals surface area contributed by atoms with Gasteiger partial charge in [-0.2, -0.15) is 4.98 Å². The molecule has 36 heavy (non-hydrogen) atoms. The van der Waals surface area contributed by atoms with Crippen LogP contribution in [0.15, 0.2) is 54.7 Å². The van der Waals surface area contributed by atoms with Gasteiger partial charge in [-0.15, -0.1) is 0 Å². The van der Waals surface area contributed by atoms with E-state index >= 15 is 0 Å². The number of likely N-dealkylation sites (N-methyl/N-ethyl adjacent to an activating group) is 1. The summed E-state index contributed by atoms with van der Waals surface area (Å²) in [6.45, 7) is 13.5. The molecule has 0 saturated carbocycles. The maximum atomic E-state index is 7.06. The number of rotatable bonds is 11. The van der Waals surface area contributed by atoms with Gasteiger partial charge in [-0.05, 0) is 43.8 Å². The molecule has 2 heterocycles. The number of anilines is 4. The monoisotopic (exact) mass is 487 g/mol. The number of ether oxygens (including phenoxy) is 2. The van der Waals surface area contributed by atoms with Crippen LogP contribution in [-0.4, -0.2) is 73.3 Å². The Bertz CT molecular complexity index is 1170. The van der Waals surface area contributed by atoms with Crippen LogP contribution in [0.2, 0.25) is 0 Å². The van der Waals surface area contributed by atoms with Gasteiger partial charge in [0, 0.05) is 61.9 Å². The second kappa shape index (κ2) is 12.7. The third kappa shape index (κ3) is 7.31. The molecule has 2 N–H and O–H groups in total. The van der Waals surface area contributed by atoms with Crippen LogP contribution in [0.25, 0.3) is 4.85 Å². The third-order valence-electron chi connectivity index (χ3n) is 6.01. The molecule has 0 amide bonds. The molecule has 0 aliphatic carbocycles. The van der Waals surface area contributed by atoms with Crippen LogP contribution in [0, 0.1) is 6.57 Å². The van der Waals surface area contributed by atoms with E-state index in [0.717, 1.165) is 56.1 Å². The second-order valence-corrected chi connectivity index (χ2v) is 8.74. The topological polar surface area (TPSA) is 79.1 Å². The number of aromatic nitrogens is 2. The third-order valence-corrected chi connectivity index (χ3v) is 6.01. The molecule has 0 radical (unpaired) electrons. The number of nitrogens with zero attached hydrogens (tertiary/aromatic N) is 5. The first-order chi connectivity index (χ1) is 17.6. The van der Waals surface area contributed by atoms with Crippen molar-refractivity contribution in [2.24, 2.45) is 0 Å². The summed E-state index contributed by atoms with van der Waals surface area (Å²) in [5, 5.41) is 6.53. The molecule has 1 aromatic heterocycles. The zero-order chi connectivity index (χ0) is 25.2. The summed E-state index contributed by atoms with van der Waals surface area (Å²) in [7, 11) is 3.81. The summed E-state index contributed by atoms with van der Waals surface area (Å²) in [5.74, 6) is 2.49. The van der Waals surface area contributed by atoms with Gasteiger partial charge in [-0.1, -0.05) is 12.1 Å². The Morgan fingerprint density at radius 1 is 1.00 bits per heavy atom. The predicted octanol–water partition coefficient (Wildman–Crippen LogP) is 4.41. The first-order valence-electron chi connectivity index (χ1n) is 12.1. The van der Waals surface area contributed by atoms with Crippen LogP contribution in [0.1, 0.15) is 12.0 Å². The number of hydrogen-bond acceptors (Lipinski definition) is 8. The lowest BCUT2D eigenvalue weighted by Gasteiger charge is -2.32. The van der Waals surface area contributed by atoms with E-state index in [2.05, 4.69) is 42.3 Å². The van der Waals surface area contributed by atoms with Crippen LogP contribution in [-0.2, 0) is 6.54 Å². The molecule has 9 nitrogen and oxygen atoms in total. The molecule has 4 rings (SSSR count). The molecular formula is C27H33N7O2. The molecule has 0 unspecified atom stereocenters. The van der Waals surface area contributed by atoms with Gasteiger partial charge in [0.05, 0.1) is 13.7 Å². The number of hydrogen-bond donors (Lipinski definition) is 2. The SMILES string of the molecule is [C-]#[N+]Cc1cccc(Nc2ccnc(Nc3ccc(OC)c(OCCCN4CCN(C)CC4)c3)n2)c1. The molecule has 1 saturated heterocycles. The van der Waals surface area contributed by atoms with Gasteiger partial charge >= 0.3 is 0 Å². The minimum Gasteiger partial charge on any atom is -0.493 e. The molecule has 1 aliphatic rings. The zero-order valence-electron chi connectivity index (χ0n) is 20.9. The minimum atomic E-state index is 0.351. The number of methoxy groups -OCH3 is 1. The highest BCUT2D eigenvalue weighted by Crippen LogP contribution is 2.31. The molecular weight excluding hydrogens is 454 g/mol. The van der Waals surface area contributed by atoms with Crippen molar-refractivity contribution in [1.29, 1.82) is 0 Å². The summed E-state index contributed by atoms with van der Waals surface area (Å²) < 4.78 is 11.6. The van der Waals surface area contributed by atoms with E-state index in [4.69, 9.17) is 16.0 Å². The summed E-state index contributed by atoms with van der Waals surface area (Å²) >= 11 is 0. The molecule has 9 heteroatoms. The summed E-state index contributed by atoms with van der Waals surface area (Å²) in [4.78, 5) is 17.2. The fraction of sp³-hybridized carbons (Fsp3) is 0.370. The van der Waals surface area contributed by atoms with Gasteiger partial charge in [0.1, 0.15) is 5.82 Å². The van der Waals surface area contributed by atoms with Crippen molar-refractivity contribution >= 4 is 23.1 Å². The van der Waals surface area contributed by atoms with Crippen molar-refractivity contribution in [2.75, 3.05) is 64.1 Å². The smallest absolute Gasteiger partial charge is 0.239 e. The fourth-order valence-corrected chi connectivity index (χ4v) is 4.01. The Balaban J connectivity index is 1.35. The van der Waals surface area contributed by atoms with Gasteiger partial charge in [-0.3, -0.25) is 0 Å². The van der Waals surface area contributed by atoms with Gasteiger partial charge in [-0.25, -0.2) is 11.6 Å². The molecule has 1 fully saturated rings. The first-order valence-corrected chi connectivity index (χ1v) is 12.1. The standard InChI is InChI=1S/C27H33N7O2/c1-28-20-21-6-4-7-22(18-21)30-26-10-11-29-27(32-26)31-23-8-9-24(35-3)25(19-23)36-17-5-12-34-15-13-33(2)14-16-34/h4,6-11,18-19H,5,12-17,20H2,2-3H3,(H2,29,30,31,32). The van der Waals surface area contributed by atoms with E-state index in [1.807, 2.05) is 42.5 Å². The Kier molecular flexibility index (Phi) is 8.92. The Hall–Kier alpha value is -3.87. The highest BCUT2D eigenvalue weighted by Gasteiger charge is 2.13. The van der Waals surface area contributed by atoms with E-state index < -0.39 is 0 Å². The lowest BCUT2D eigenvalue weighted by atomic mass is 10.2. The largest absolute Gasteiger partial charge is 0.493 e. The number of piperazine rings is 1. The van der Waals surface area contributed by atoms with Crippen molar-refractivity contribution in [3.63, 3.8) is 0 Å². The maximum absolute atomic E-state index is 7.06. The summed E-state index contributed by atoms with van der Waals surface area (Å²) in [6.07, 6.45) is 2.65. The van der Waals surface area contributed by atoms with Gasteiger partial charge in [0.2, 0.25) is 12.5 Å². The highest BCUT2D eigenvalue weighted by atomic mass is 16.5. The van der Waals surface area contributed by atoms with Crippen molar-refractivity contribution in [1.82, 2.24) is 19.8 Å². The molecule has 0 spiro atoms. The molecule has 2 aromatic carbocycles. The minimum absolute atomic E-state index is 0.351. The second-order valence-electron chi connectivity index (χ2n) is 8.74. The van der Waals surface area contributed by atoms with Crippen LogP contribution in [0.4, 0.5) is 23.1 Å². The number of nitrogens with one attached hydrogen (secondary N) is 2. The summed E-state index contributed by atoms with van der Waals surface area (Å²) in [6, 6.07) is 15.3. The van der Waals surface area contributed by atoms with Crippen LogP contribution in [0.3, 0.4) is 0 Å². The maximum Gasteiger partial charge on any atom is 0.239 e. The van der Waals surface area contributed by atoms with E-state index in [1.165, 1.54) is 0 Å². The molecule has 188 valence electrons. The normalized spacial score (nSPS) is 14.1. The highest BCUT2D eigenvalue weighted by molar-refractivity contribution is 5.62. The molecule has 3 aromatic rings. The summed E-state index contributed by atoms with van der Waals surface area (Å²) in [5.41, 5.74) is 2.63. The van der Waals surface area contributed by atoms with Crippen LogP contribution >= 0.6 is 0 Å². The van der Waals surface area contributed by atoms with Crippen molar-refractivity contribution in [3.05, 3.63) is 71.7 Å². The van der Waals surface area contributed by atoms with Crippen molar-refractivity contribution < 1.29 is 9.47 Å². The van der Waals surface area contributed by atoms with E-state index in [0.29, 0.717) is 36.4 Å². The zero-order valence-corrected chi connectivity index (χ0v) is 20.9. The number of benzene rings is 2. The van der Waals surface area contributed by atoms with Crippen LogP contribution in [0.5, 0.6) is 11.5 Å². The van der Waals surface area contributed by atoms with Crippen LogP contribution < -0.4 is 20.1 Å². The van der Waals surface area contributed by atoms with Crippen molar-refractivity contribution in [2.45, 2.75) is 13.0 Å². The Labute approximate surface area is 212 Å². The van der Waals surface area contributed by atoms with Gasteiger partial charge < -0.3 is 34.8 Å². The van der Waals surface area contributed by atoms with Crippen molar-refractivity contribution in [3.8, 4) is 11.5 Å². The van der Waals surface area contributed by atoms with E-state index in [-0.39, 0.29) is 0 Å². The van der Waals surface area contributed by atoms with Gasteiger partial charge in [0.15, 0.2) is 11.5 Å². The average Bonchev–Trinajstić information content (AvgIpc) is 2.88. The molecule has 1 aliphatic heterocycles. The lowest BCUT2D eigenvalue weighted by Crippen LogP contribution is -2.44. The van der Waals surface area contributed by atoms with Gasteiger partial charge in [0.25, 0.3) is 0 Å².